The van der Waals surface area contributed by atoms with Gasteiger partial charge >= 0.3 is 0 Å². The Hall–Kier alpha value is -3.20. The highest BCUT2D eigenvalue weighted by Gasteiger charge is 2.33. The van der Waals surface area contributed by atoms with Crippen LogP contribution in [-0.2, 0) is 17.6 Å². The van der Waals surface area contributed by atoms with Crippen LogP contribution in [0.4, 0.5) is 11.5 Å². The summed E-state index contributed by atoms with van der Waals surface area (Å²) in [5, 5.41) is 12.6. The second-order valence-corrected chi connectivity index (χ2v) is 9.24. The van der Waals surface area contributed by atoms with Crippen LogP contribution in [0.3, 0.4) is 0 Å². The summed E-state index contributed by atoms with van der Waals surface area (Å²) in [6, 6.07) is 3.93. The van der Waals surface area contributed by atoms with Crippen LogP contribution in [-0.4, -0.2) is 51.2 Å². The highest BCUT2D eigenvalue weighted by molar-refractivity contribution is 7.19. The number of nitrogens with zero attached hydrogens (tertiary/aromatic N) is 4. The molecule has 9 heteroatoms. The third kappa shape index (κ3) is 3.03. The van der Waals surface area contributed by atoms with Crippen molar-refractivity contribution in [3.8, 4) is 5.75 Å². The van der Waals surface area contributed by atoms with Crippen molar-refractivity contribution in [1.82, 2.24) is 25.1 Å². The molecule has 8 nitrogen and oxygen atoms in total. The second-order valence-electron chi connectivity index (χ2n) is 8.16. The number of amides is 1. The first-order valence-electron chi connectivity index (χ1n) is 10.5. The molecule has 0 radical (unpaired) electrons. The molecular formula is C22H22N6O2S. The number of aryl methyl sites for hydroxylation is 1. The molecule has 0 saturated carbocycles. The number of H-pyrrole nitrogens is 1. The molecular weight excluding hydrogens is 412 g/mol. The summed E-state index contributed by atoms with van der Waals surface area (Å²) in [6.45, 7) is 1.83. The number of aromatic nitrogens is 4. The van der Waals surface area contributed by atoms with Gasteiger partial charge < -0.3 is 15.0 Å². The number of rotatable bonds is 4. The van der Waals surface area contributed by atoms with Crippen LogP contribution in [0, 0.1) is 5.92 Å². The van der Waals surface area contributed by atoms with Gasteiger partial charge in [-0.05, 0) is 37.3 Å². The average Bonchev–Trinajstić information content (AvgIpc) is 3.35. The Kier molecular flexibility index (Phi) is 4.31. The van der Waals surface area contributed by atoms with E-state index in [1.807, 2.05) is 17.0 Å². The lowest BCUT2D eigenvalue weighted by atomic mass is 9.86. The zero-order chi connectivity index (χ0) is 20.9. The highest BCUT2D eigenvalue weighted by Crippen LogP contribution is 2.42. The summed E-state index contributed by atoms with van der Waals surface area (Å²) in [7, 11) is 1.65. The summed E-state index contributed by atoms with van der Waals surface area (Å²) in [5.74, 6) is 1.90. The molecule has 158 valence electrons. The third-order valence-electron chi connectivity index (χ3n) is 6.38. The Morgan fingerprint density at radius 3 is 3.03 bits per heavy atom. The van der Waals surface area contributed by atoms with Gasteiger partial charge in [-0.25, -0.2) is 9.97 Å². The maximum absolute atomic E-state index is 12.7. The van der Waals surface area contributed by atoms with Gasteiger partial charge in [-0.1, -0.05) is 0 Å². The predicted molar refractivity (Wildman–Crippen MR) is 120 cm³/mol. The van der Waals surface area contributed by atoms with Crippen molar-refractivity contribution in [3.05, 3.63) is 35.1 Å². The molecule has 4 heterocycles. The fraction of sp³-hybridized carbons (Fsp3) is 0.364. The topological polar surface area (TPSA) is 96.0 Å². The van der Waals surface area contributed by atoms with Crippen LogP contribution in [0.2, 0.25) is 0 Å². The number of nitrogens with one attached hydrogen (secondary N) is 2. The van der Waals surface area contributed by atoms with Crippen molar-refractivity contribution < 1.29 is 9.53 Å². The molecule has 0 unspecified atom stereocenters. The Morgan fingerprint density at radius 1 is 1.32 bits per heavy atom. The summed E-state index contributed by atoms with van der Waals surface area (Å²) < 4.78 is 5.59. The molecule has 2 N–H and O–H groups in total. The lowest BCUT2D eigenvalue weighted by molar-refractivity contribution is -0.139. The maximum Gasteiger partial charge on any atom is 0.226 e. The van der Waals surface area contributed by atoms with Gasteiger partial charge in [0.25, 0.3) is 0 Å². The first-order chi connectivity index (χ1) is 15.2. The summed E-state index contributed by atoms with van der Waals surface area (Å²) in [6.07, 6.45) is 7.07. The normalized spacial score (nSPS) is 18.1. The van der Waals surface area contributed by atoms with E-state index >= 15 is 0 Å². The number of hydrogen-bond donors (Lipinski definition) is 2. The highest BCUT2D eigenvalue weighted by atomic mass is 32.1. The largest absolute Gasteiger partial charge is 0.494 e. The Morgan fingerprint density at radius 2 is 2.23 bits per heavy atom. The van der Waals surface area contributed by atoms with E-state index in [2.05, 4.69) is 25.5 Å². The monoisotopic (exact) mass is 434 g/mol. The fourth-order valence-corrected chi connectivity index (χ4v) is 5.84. The molecule has 2 aliphatic rings. The van der Waals surface area contributed by atoms with Crippen molar-refractivity contribution in [2.45, 2.75) is 25.7 Å². The molecule has 1 aliphatic carbocycles. The van der Waals surface area contributed by atoms with E-state index in [9.17, 15) is 4.79 Å². The molecule has 3 aromatic heterocycles. The number of fused-ring (bicyclic) bond motifs is 4. The minimum absolute atomic E-state index is 0.0915. The van der Waals surface area contributed by atoms with E-state index in [1.165, 1.54) is 10.4 Å². The molecule has 1 atom stereocenters. The summed E-state index contributed by atoms with van der Waals surface area (Å²) >= 11 is 1.69. The second kappa shape index (κ2) is 7.19. The Labute approximate surface area is 182 Å². The van der Waals surface area contributed by atoms with Gasteiger partial charge in [-0.2, -0.15) is 5.10 Å². The zero-order valence-electron chi connectivity index (χ0n) is 17.1. The van der Waals surface area contributed by atoms with Crippen LogP contribution in [0.1, 0.15) is 23.3 Å². The van der Waals surface area contributed by atoms with E-state index in [4.69, 9.17) is 4.74 Å². The molecule has 1 aliphatic heterocycles. The molecule has 0 bridgehead atoms. The summed E-state index contributed by atoms with van der Waals surface area (Å²) in [5.41, 5.74) is 3.03. The number of anilines is 2. The molecule has 1 saturated heterocycles. The number of carbonyl (C=O) groups is 1. The Bertz CT molecular complexity index is 1310. The van der Waals surface area contributed by atoms with Gasteiger partial charge in [0.05, 0.1) is 29.9 Å². The van der Waals surface area contributed by atoms with Gasteiger partial charge in [0.15, 0.2) is 0 Å². The van der Waals surface area contributed by atoms with Gasteiger partial charge in [0.1, 0.15) is 22.7 Å². The zero-order valence-corrected chi connectivity index (χ0v) is 18.0. The van der Waals surface area contributed by atoms with E-state index < -0.39 is 0 Å². The summed E-state index contributed by atoms with van der Waals surface area (Å²) in [4.78, 5) is 26.0. The number of likely N-dealkylation sites (tertiary alicyclic amines) is 1. The van der Waals surface area contributed by atoms with Crippen LogP contribution < -0.4 is 10.1 Å². The van der Waals surface area contributed by atoms with Crippen LogP contribution in [0.25, 0.3) is 21.1 Å². The molecule has 1 amide bonds. The lowest BCUT2D eigenvalue weighted by Crippen LogP contribution is -2.46. The van der Waals surface area contributed by atoms with Gasteiger partial charge in [-0.15, -0.1) is 11.3 Å². The number of methoxy groups -OCH3 is 1. The molecule has 0 spiro atoms. The van der Waals surface area contributed by atoms with E-state index in [1.54, 1.807) is 31.0 Å². The molecule has 1 aromatic carbocycles. The van der Waals surface area contributed by atoms with Crippen LogP contribution in [0.5, 0.6) is 5.75 Å². The van der Waals surface area contributed by atoms with Gasteiger partial charge in [0.2, 0.25) is 5.91 Å². The maximum atomic E-state index is 12.7. The number of carbonyl (C=O) groups excluding carboxylic acids is 1. The first-order valence-corrected chi connectivity index (χ1v) is 11.3. The third-order valence-corrected chi connectivity index (χ3v) is 7.54. The van der Waals surface area contributed by atoms with Crippen LogP contribution >= 0.6 is 11.3 Å². The van der Waals surface area contributed by atoms with Crippen molar-refractivity contribution in [1.29, 1.82) is 0 Å². The van der Waals surface area contributed by atoms with Crippen molar-refractivity contribution in [2.75, 3.05) is 25.5 Å². The van der Waals surface area contributed by atoms with E-state index in [0.717, 1.165) is 71.4 Å². The minimum atomic E-state index is 0.0915. The lowest BCUT2D eigenvalue weighted by Gasteiger charge is -2.35. The quantitative estimate of drug-likeness (QED) is 0.509. The minimum Gasteiger partial charge on any atom is -0.494 e. The smallest absolute Gasteiger partial charge is 0.226 e. The number of benzene rings is 1. The Balaban J connectivity index is 1.37. The number of thiophene rings is 1. The number of aromatic amines is 1. The van der Waals surface area contributed by atoms with E-state index in [0.29, 0.717) is 11.7 Å². The molecule has 1 fully saturated rings. The molecule has 6 rings (SSSR count). The van der Waals surface area contributed by atoms with E-state index in [-0.39, 0.29) is 5.92 Å². The number of hydrogen-bond acceptors (Lipinski definition) is 7. The first kappa shape index (κ1) is 18.6. The SMILES string of the molecule is COc1cc2[nH]ncc2cc1Nc1ncnc2sc3c(c12)CC[C@H](C(=O)N1CCC1)C3. The standard InChI is InChI=1S/C22H22N6O2S/c1-30-17-9-15-13(10-25-27-15)7-16(17)26-20-19-14-4-3-12(22(29)28-5-2-6-28)8-18(14)31-21(19)24-11-23-20/h7,9-12H,2-6,8H2,1H3,(H,25,27)(H,23,24,26)/t12-/m0/s1. The fourth-order valence-electron chi connectivity index (χ4n) is 4.58. The molecule has 4 aromatic rings. The molecule has 31 heavy (non-hydrogen) atoms. The van der Waals surface area contributed by atoms with Gasteiger partial charge in [0, 0.05) is 35.3 Å². The predicted octanol–water partition coefficient (Wildman–Crippen LogP) is 3.66. The average molecular weight is 435 g/mol. The van der Waals surface area contributed by atoms with Crippen LogP contribution in [0.15, 0.2) is 24.7 Å². The van der Waals surface area contributed by atoms with Gasteiger partial charge in [-0.3, -0.25) is 9.89 Å². The van der Waals surface area contributed by atoms with Crippen molar-refractivity contribution in [3.63, 3.8) is 0 Å². The van der Waals surface area contributed by atoms with Crippen molar-refractivity contribution >= 4 is 49.9 Å². The number of ether oxygens (including phenoxy) is 1. The van der Waals surface area contributed by atoms with Crippen molar-refractivity contribution in [2.24, 2.45) is 5.92 Å².